The van der Waals surface area contributed by atoms with Gasteiger partial charge in [0.25, 0.3) is 0 Å². The zero-order valence-corrected chi connectivity index (χ0v) is 21.4. The zero-order valence-electron chi connectivity index (χ0n) is 20.7. The van der Waals surface area contributed by atoms with Gasteiger partial charge in [0, 0.05) is 28.3 Å². The van der Waals surface area contributed by atoms with Crippen molar-refractivity contribution in [2.75, 3.05) is 0 Å². The van der Waals surface area contributed by atoms with Gasteiger partial charge < -0.3 is 9.63 Å². The molecule has 4 rings (SSSR count). The number of nitrogens with zero attached hydrogens (tertiary/aromatic N) is 1. The van der Waals surface area contributed by atoms with E-state index in [1.54, 1.807) is 30.3 Å². The number of carbonyl (C=O) groups excluding carboxylic acids is 1. The lowest BCUT2D eigenvalue weighted by atomic mass is 9.88. The summed E-state index contributed by atoms with van der Waals surface area (Å²) in [7, 11) is 0. The van der Waals surface area contributed by atoms with Gasteiger partial charge in [0.2, 0.25) is 0 Å². The van der Waals surface area contributed by atoms with Gasteiger partial charge >= 0.3 is 18.0 Å². The van der Waals surface area contributed by atoms with Crippen LogP contribution in [0.1, 0.15) is 38.7 Å². The maximum Gasteiger partial charge on any atom is 0.435 e. The Labute approximate surface area is 228 Å². The first-order valence-electron chi connectivity index (χ1n) is 11.5. The van der Waals surface area contributed by atoms with Crippen LogP contribution in [0, 0.1) is 13.8 Å². The maximum atomic E-state index is 14.6. The number of halogens is 8. The number of ketones is 1. The Bertz CT molecular complexity index is 1530. The summed E-state index contributed by atoms with van der Waals surface area (Å²) in [5.41, 5.74) is -6.58. The van der Waals surface area contributed by atoms with Crippen molar-refractivity contribution in [2.45, 2.75) is 38.0 Å². The molecule has 0 fully saturated rings. The van der Waals surface area contributed by atoms with Gasteiger partial charge in [-0.25, -0.2) is 4.39 Å². The van der Waals surface area contributed by atoms with E-state index < -0.39 is 35.5 Å². The van der Waals surface area contributed by atoms with Crippen molar-refractivity contribution in [3.05, 3.63) is 99.6 Å². The number of carbonyl (C=O) groups is 1. The second-order valence-corrected chi connectivity index (χ2v) is 9.49. The van der Waals surface area contributed by atoms with Crippen LogP contribution in [0.3, 0.4) is 0 Å². The van der Waals surface area contributed by atoms with Crippen LogP contribution in [-0.2, 0) is 5.67 Å². The van der Waals surface area contributed by atoms with E-state index in [9.17, 15) is 40.6 Å². The first-order valence-corrected chi connectivity index (χ1v) is 11.9. The molecule has 1 heterocycles. The third-order valence-electron chi connectivity index (χ3n) is 6.36. The molecule has 0 radical (unpaired) electrons. The van der Waals surface area contributed by atoms with Gasteiger partial charge in [0.15, 0.2) is 11.5 Å². The summed E-state index contributed by atoms with van der Waals surface area (Å²) in [6.07, 6.45) is -14.0. The quantitative estimate of drug-likeness (QED) is 0.182. The van der Waals surface area contributed by atoms with Crippen LogP contribution in [0.4, 0.5) is 30.7 Å². The third kappa shape index (κ3) is 5.11. The smallest absolute Gasteiger partial charge is 0.380 e. The van der Waals surface area contributed by atoms with E-state index in [0.717, 1.165) is 0 Å². The minimum Gasteiger partial charge on any atom is -0.380 e. The van der Waals surface area contributed by atoms with Gasteiger partial charge in [0.1, 0.15) is 11.8 Å². The molecule has 0 aliphatic rings. The van der Waals surface area contributed by atoms with Crippen LogP contribution in [0.25, 0.3) is 22.6 Å². The fraction of sp³-hybridized carbons (Fsp3) is 0.214. The van der Waals surface area contributed by atoms with Crippen LogP contribution in [0.2, 0.25) is 5.02 Å². The number of benzene rings is 3. The summed E-state index contributed by atoms with van der Waals surface area (Å²) >= 11 is 6.20. The number of alkyl halides is 7. The predicted molar refractivity (Wildman–Crippen MR) is 132 cm³/mol. The highest BCUT2D eigenvalue weighted by Gasteiger charge is 2.73. The molecule has 1 atom stereocenters. The largest absolute Gasteiger partial charge is 0.435 e. The van der Waals surface area contributed by atoms with Crippen molar-refractivity contribution in [1.82, 2.24) is 5.16 Å². The second kappa shape index (κ2) is 10.4. The monoisotopic (exact) mass is 585 g/mol. The Kier molecular flexibility index (Phi) is 7.59. The molecule has 0 spiro atoms. The minimum atomic E-state index is -6.25. The summed E-state index contributed by atoms with van der Waals surface area (Å²) in [5, 5.41) is 14.4. The van der Waals surface area contributed by atoms with Crippen molar-refractivity contribution in [3.8, 4) is 22.6 Å². The summed E-state index contributed by atoms with van der Waals surface area (Å²) in [5.74, 6) is -0.604. The van der Waals surface area contributed by atoms with E-state index in [0.29, 0.717) is 23.3 Å². The van der Waals surface area contributed by atoms with Gasteiger partial charge in [-0.05, 0) is 48.7 Å². The molecule has 0 saturated carbocycles. The van der Waals surface area contributed by atoms with E-state index in [1.165, 1.54) is 38.1 Å². The van der Waals surface area contributed by atoms with Crippen LogP contribution in [0.5, 0.6) is 0 Å². The minimum absolute atomic E-state index is 0.0243. The molecule has 0 bridgehead atoms. The van der Waals surface area contributed by atoms with E-state index in [-0.39, 0.29) is 38.7 Å². The van der Waals surface area contributed by atoms with Gasteiger partial charge in [-0.15, -0.1) is 0 Å². The van der Waals surface area contributed by atoms with E-state index in [4.69, 9.17) is 16.1 Å². The summed E-state index contributed by atoms with van der Waals surface area (Å²) < 4.78 is 99.5. The highest BCUT2D eigenvalue weighted by Crippen LogP contribution is 2.54. The number of aryl methyl sites for hydroxylation is 2. The third-order valence-corrected chi connectivity index (χ3v) is 6.69. The highest BCUT2D eigenvalue weighted by molar-refractivity contribution is 6.34. The lowest BCUT2D eigenvalue weighted by Crippen LogP contribution is -2.50. The van der Waals surface area contributed by atoms with Gasteiger partial charge in [-0.2, -0.15) is 26.3 Å². The maximum absolute atomic E-state index is 14.6. The Morgan fingerprint density at radius 2 is 1.45 bits per heavy atom. The molecule has 210 valence electrons. The molecular formula is C28H19ClF7NO3. The molecule has 1 N–H and O–H groups in total. The van der Waals surface area contributed by atoms with Crippen LogP contribution >= 0.6 is 11.6 Å². The molecule has 12 heteroatoms. The number of aliphatic hydroxyl groups excluding tert-OH is 1. The van der Waals surface area contributed by atoms with Crippen LogP contribution in [0.15, 0.2) is 71.3 Å². The summed E-state index contributed by atoms with van der Waals surface area (Å²) in [4.78, 5) is 12.9. The van der Waals surface area contributed by atoms with Crippen molar-refractivity contribution in [1.29, 1.82) is 0 Å². The average Bonchev–Trinajstić information content (AvgIpc) is 3.36. The van der Waals surface area contributed by atoms with Gasteiger partial charge in [0.05, 0.1) is 5.02 Å². The van der Waals surface area contributed by atoms with E-state index in [2.05, 4.69) is 5.16 Å². The molecule has 0 aliphatic heterocycles. The van der Waals surface area contributed by atoms with Crippen molar-refractivity contribution in [2.24, 2.45) is 0 Å². The average molecular weight is 586 g/mol. The lowest BCUT2D eigenvalue weighted by molar-refractivity contribution is -0.348. The van der Waals surface area contributed by atoms with Crippen molar-refractivity contribution >= 4 is 17.4 Å². The van der Waals surface area contributed by atoms with Crippen LogP contribution in [-0.4, -0.2) is 28.4 Å². The number of Topliss-reactive ketones (excluding diaryl/α,β-unsaturated/α-hetero) is 1. The summed E-state index contributed by atoms with van der Waals surface area (Å²) in [6.45, 7) is 2.44. The number of hydrogen-bond donors (Lipinski definition) is 1. The number of aliphatic hydroxyl groups is 1. The molecule has 1 unspecified atom stereocenters. The Hall–Kier alpha value is -3.70. The first kappa shape index (κ1) is 29.3. The van der Waals surface area contributed by atoms with E-state index in [1.807, 2.05) is 0 Å². The molecule has 4 nitrogen and oxygen atoms in total. The predicted octanol–water partition coefficient (Wildman–Crippen LogP) is 8.48. The fourth-order valence-corrected chi connectivity index (χ4v) is 4.60. The zero-order chi connectivity index (χ0) is 29.6. The molecule has 3 aromatic carbocycles. The second-order valence-electron chi connectivity index (χ2n) is 9.09. The van der Waals surface area contributed by atoms with Gasteiger partial charge in [-0.1, -0.05) is 59.2 Å². The topological polar surface area (TPSA) is 63.3 Å². The van der Waals surface area contributed by atoms with Gasteiger partial charge in [-0.3, -0.25) is 4.79 Å². The first-order chi connectivity index (χ1) is 18.6. The molecular weight excluding hydrogens is 567 g/mol. The normalized spacial score (nSPS) is 13.4. The molecule has 40 heavy (non-hydrogen) atoms. The number of rotatable bonds is 6. The fourth-order valence-electron chi connectivity index (χ4n) is 4.38. The molecule has 0 aliphatic carbocycles. The van der Waals surface area contributed by atoms with Crippen molar-refractivity contribution < 1.29 is 45.2 Å². The molecule has 0 amide bonds. The lowest BCUT2D eigenvalue weighted by Gasteiger charge is -2.31. The number of aromatic nitrogens is 1. The Morgan fingerprint density at radius 1 is 0.875 bits per heavy atom. The standard InChI is InChI=1S/C28H19ClF7NO3/c1-14-10-18(26(30,27(31,32)33)28(34,35)36)11-15(2)23(14)21-13-22(40-37-21)17-8-9-20(29)19(12-17)25(39)24(38)16-6-4-3-5-7-16/h3-13,24,38H,1-2H3. The van der Waals surface area contributed by atoms with Crippen LogP contribution < -0.4 is 0 Å². The highest BCUT2D eigenvalue weighted by atomic mass is 35.5. The number of hydrogen-bond acceptors (Lipinski definition) is 4. The summed E-state index contributed by atoms with van der Waals surface area (Å²) in [6, 6.07) is 14.7. The molecule has 1 aromatic heterocycles. The molecule has 4 aromatic rings. The Morgan fingerprint density at radius 3 is 2.00 bits per heavy atom. The van der Waals surface area contributed by atoms with E-state index >= 15 is 0 Å². The van der Waals surface area contributed by atoms with Crippen molar-refractivity contribution in [3.63, 3.8) is 0 Å². The molecule has 0 saturated heterocycles. The Balaban J connectivity index is 1.71. The SMILES string of the molecule is Cc1cc(C(F)(C(F)(F)F)C(F)(F)F)cc(C)c1-c1cc(-c2ccc(Cl)c(C(=O)C(O)c3ccccc3)c2)on1.